The van der Waals surface area contributed by atoms with Crippen molar-refractivity contribution in [1.29, 1.82) is 0 Å². The number of esters is 1. The van der Waals surface area contributed by atoms with Gasteiger partial charge in [-0.1, -0.05) is 19.3 Å². The van der Waals surface area contributed by atoms with Gasteiger partial charge in [-0.15, -0.1) is 0 Å². The number of carbonyl (C=O) groups excluding carboxylic acids is 1. The Morgan fingerprint density at radius 2 is 1.86 bits per heavy atom. The maximum Gasteiger partial charge on any atom is 0.310 e. The minimum Gasteiger partial charge on any atom is -0.469 e. The highest BCUT2D eigenvalue weighted by Crippen LogP contribution is 2.31. The number of methoxy groups -OCH3 is 1. The zero-order chi connectivity index (χ0) is 15.3. The molecule has 0 amide bonds. The summed E-state index contributed by atoms with van der Waals surface area (Å²) in [6, 6.07) is 0. The van der Waals surface area contributed by atoms with Gasteiger partial charge < -0.3 is 9.47 Å². The lowest BCUT2D eigenvalue weighted by molar-refractivity contribution is -0.145. The van der Waals surface area contributed by atoms with Crippen molar-refractivity contribution in [3.63, 3.8) is 0 Å². The second-order valence-corrected chi connectivity index (χ2v) is 7.80. The molecular formula is C14H25NO5S. The molecule has 0 bridgehead atoms. The molecule has 2 unspecified atom stereocenters. The molecule has 0 aromatic heterocycles. The van der Waals surface area contributed by atoms with Crippen LogP contribution in [0.2, 0.25) is 0 Å². The Morgan fingerprint density at radius 3 is 2.52 bits per heavy atom. The summed E-state index contributed by atoms with van der Waals surface area (Å²) in [5.74, 6) is -0.965. The lowest BCUT2D eigenvalue weighted by Gasteiger charge is -2.19. The molecule has 2 aliphatic rings. The van der Waals surface area contributed by atoms with Crippen LogP contribution in [0.5, 0.6) is 0 Å². The highest BCUT2D eigenvalue weighted by Gasteiger charge is 2.41. The summed E-state index contributed by atoms with van der Waals surface area (Å²) in [5, 5.41) is -0.670. The Kier molecular flexibility index (Phi) is 6.01. The van der Waals surface area contributed by atoms with Gasteiger partial charge in [-0.2, -0.15) is 0 Å². The lowest BCUT2D eigenvalue weighted by Crippen LogP contribution is -2.40. The van der Waals surface area contributed by atoms with Gasteiger partial charge in [0.25, 0.3) is 0 Å². The first-order valence-electron chi connectivity index (χ1n) is 7.72. The second kappa shape index (κ2) is 7.56. The summed E-state index contributed by atoms with van der Waals surface area (Å²) in [6.07, 6.45) is 6.64. The summed E-state index contributed by atoms with van der Waals surface area (Å²) < 4.78 is 37.5. The third kappa shape index (κ3) is 4.40. The molecule has 2 fully saturated rings. The molecule has 21 heavy (non-hydrogen) atoms. The average molecular weight is 319 g/mol. The van der Waals surface area contributed by atoms with Crippen molar-refractivity contribution in [2.45, 2.75) is 56.3 Å². The first-order chi connectivity index (χ1) is 10.0. The first-order valence-corrected chi connectivity index (χ1v) is 9.27. The van der Waals surface area contributed by atoms with Crippen molar-refractivity contribution in [2.24, 2.45) is 5.92 Å². The van der Waals surface area contributed by atoms with E-state index in [1.165, 1.54) is 20.0 Å². The number of hydrogen-bond acceptors (Lipinski definition) is 5. The lowest BCUT2D eigenvalue weighted by atomic mass is 10.1. The Bertz CT molecular complexity index is 444. The molecule has 0 radical (unpaired) electrons. The van der Waals surface area contributed by atoms with Crippen LogP contribution in [-0.2, 0) is 24.3 Å². The third-order valence-corrected chi connectivity index (χ3v) is 6.38. The molecule has 0 spiro atoms. The summed E-state index contributed by atoms with van der Waals surface area (Å²) >= 11 is 0. The van der Waals surface area contributed by atoms with Crippen LogP contribution in [0, 0.1) is 5.92 Å². The molecule has 0 aliphatic heterocycles. The van der Waals surface area contributed by atoms with Gasteiger partial charge in [0.2, 0.25) is 10.0 Å². The molecule has 7 heteroatoms. The van der Waals surface area contributed by atoms with E-state index in [9.17, 15) is 13.2 Å². The van der Waals surface area contributed by atoms with Gasteiger partial charge in [0.05, 0.1) is 31.0 Å². The summed E-state index contributed by atoms with van der Waals surface area (Å²) in [4.78, 5) is 11.6. The van der Waals surface area contributed by atoms with Crippen LogP contribution >= 0.6 is 0 Å². The molecule has 0 aromatic carbocycles. The fraction of sp³-hybridized carbons (Fsp3) is 0.929. The number of rotatable bonds is 7. The van der Waals surface area contributed by atoms with Gasteiger partial charge in [0.15, 0.2) is 0 Å². The zero-order valence-electron chi connectivity index (χ0n) is 12.5. The van der Waals surface area contributed by atoms with Gasteiger partial charge >= 0.3 is 5.97 Å². The highest BCUT2D eigenvalue weighted by molar-refractivity contribution is 7.90. The number of ether oxygens (including phenoxy) is 2. The zero-order valence-corrected chi connectivity index (χ0v) is 13.4. The van der Waals surface area contributed by atoms with E-state index < -0.39 is 27.2 Å². The second-order valence-electron chi connectivity index (χ2n) is 5.82. The van der Waals surface area contributed by atoms with Gasteiger partial charge in [0.1, 0.15) is 0 Å². The maximum atomic E-state index is 12.3. The van der Waals surface area contributed by atoms with E-state index in [0.29, 0.717) is 19.4 Å². The number of hydrogen-bond donors (Lipinski definition) is 1. The standard InChI is InChI=1S/C14H25NO5S/c1-19-14(16)12-7-4-8-13(12)21(17,18)15-9-10-20-11-5-2-3-6-11/h11-13,15H,2-10H2,1H3. The minimum absolute atomic E-state index is 0.267. The molecular weight excluding hydrogens is 294 g/mol. The average Bonchev–Trinajstić information content (AvgIpc) is 3.13. The number of sulfonamides is 1. The molecule has 6 nitrogen and oxygen atoms in total. The van der Waals surface area contributed by atoms with Gasteiger partial charge in [-0.3, -0.25) is 4.79 Å². The summed E-state index contributed by atoms with van der Waals surface area (Å²) in [6.45, 7) is 0.655. The normalized spacial score (nSPS) is 27.1. The molecule has 122 valence electrons. The molecule has 2 saturated carbocycles. The van der Waals surface area contributed by atoms with E-state index in [2.05, 4.69) is 4.72 Å². The molecule has 1 N–H and O–H groups in total. The van der Waals surface area contributed by atoms with Crippen molar-refractivity contribution in [2.75, 3.05) is 20.3 Å². The fourth-order valence-electron chi connectivity index (χ4n) is 3.29. The number of nitrogens with one attached hydrogen (secondary N) is 1. The maximum absolute atomic E-state index is 12.3. The van der Waals surface area contributed by atoms with Crippen LogP contribution in [-0.4, -0.2) is 46.0 Å². The minimum atomic E-state index is -3.49. The third-order valence-electron chi connectivity index (χ3n) is 4.42. The smallest absolute Gasteiger partial charge is 0.310 e. The van der Waals surface area contributed by atoms with E-state index in [4.69, 9.17) is 9.47 Å². The highest BCUT2D eigenvalue weighted by atomic mass is 32.2. The van der Waals surface area contributed by atoms with Crippen molar-refractivity contribution < 1.29 is 22.7 Å². The predicted molar refractivity (Wildman–Crippen MR) is 78.3 cm³/mol. The molecule has 0 saturated heterocycles. The van der Waals surface area contributed by atoms with E-state index in [-0.39, 0.29) is 12.6 Å². The van der Waals surface area contributed by atoms with Gasteiger partial charge in [-0.25, -0.2) is 13.1 Å². The Morgan fingerprint density at radius 1 is 1.14 bits per heavy atom. The van der Waals surface area contributed by atoms with Crippen molar-refractivity contribution in [3.8, 4) is 0 Å². The quantitative estimate of drug-likeness (QED) is 0.563. The van der Waals surface area contributed by atoms with Crippen LogP contribution in [0.3, 0.4) is 0 Å². The molecule has 0 heterocycles. The van der Waals surface area contributed by atoms with Gasteiger partial charge in [0, 0.05) is 6.54 Å². The Hall–Kier alpha value is -0.660. The summed E-state index contributed by atoms with van der Waals surface area (Å²) in [5.41, 5.74) is 0. The predicted octanol–water partition coefficient (Wildman–Crippen LogP) is 1.21. The molecule has 2 rings (SSSR count). The topological polar surface area (TPSA) is 81.7 Å². The van der Waals surface area contributed by atoms with E-state index in [1.54, 1.807) is 0 Å². The van der Waals surface area contributed by atoms with Crippen molar-refractivity contribution in [1.82, 2.24) is 4.72 Å². The van der Waals surface area contributed by atoms with Gasteiger partial charge in [-0.05, 0) is 25.7 Å². The van der Waals surface area contributed by atoms with Crippen LogP contribution in [0.1, 0.15) is 44.9 Å². The van der Waals surface area contributed by atoms with Crippen LogP contribution < -0.4 is 4.72 Å². The van der Waals surface area contributed by atoms with Crippen LogP contribution in [0.4, 0.5) is 0 Å². The van der Waals surface area contributed by atoms with E-state index >= 15 is 0 Å². The Labute approximate surface area is 126 Å². The first kappa shape index (κ1) is 16.7. The van der Waals surface area contributed by atoms with Crippen LogP contribution in [0.15, 0.2) is 0 Å². The summed E-state index contributed by atoms with van der Waals surface area (Å²) in [7, 11) is -2.19. The SMILES string of the molecule is COC(=O)C1CCCC1S(=O)(=O)NCCOC1CCCC1. The number of carbonyl (C=O) groups is 1. The monoisotopic (exact) mass is 319 g/mol. The molecule has 2 atom stereocenters. The fourth-order valence-corrected chi connectivity index (χ4v) is 5.03. The molecule has 0 aromatic rings. The largest absolute Gasteiger partial charge is 0.469 e. The van der Waals surface area contributed by atoms with E-state index in [0.717, 1.165) is 19.3 Å². The van der Waals surface area contributed by atoms with Crippen molar-refractivity contribution >= 4 is 16.0 Å². The van der Waals surface area contributed by atoms with Crippen molar-refractivity contribution in [3.05, 3.63) is 0 Å². The van der Waals surface area contributed by atoms with Crippen LogP contribution in [0.25, 0.3) is 0 Å². The Balaban J connectivity index is 1.78. The molecule has 2 aliphatic carbocycles. The van der Waals surface area contributed by atoms with E-state index in [1.807, 2.05) is 0 Å².